The predicted octanol–water partition coefficient (Wildman–Crippen LogP) is 2.90. The Hall–Kier alpha value is -1.65. The summed E-state index contributed by atoms with van der Waals surface area (Å²) in [4.78, 5) is 22.5. The first-order chi connectivity index (χ1) is 7.82. The van der Waals surface area contributed by atoms with E-state index in [2.05, 4.69) is 0 Å². The third-order valence-corrected chi connectivity index (χ3v) is 2.31. The van der Waals surface area contributed by atoms with Crippen molar-refractivity contribution in [3.05, 3.63) is 35.1 Å². The SMILES string of the molecule is CC(=O)CC(C)C(=O)c1cc(F)c(F)c(F)c1. The maximum atomic E-state index is 12.9. The van der Waals surface area contributed by atoms with Crippen LogP contribution in [0.2, 0.25) is 0 Å². The van der Waals surface area contributed by atoms with Gasteiger partial charge in [-0.05, 0) is 19.1 Å². The molecular formula is C12H11F3O2. The highest BCUT2D eigenvalue weighted by Gasteiger charge is 2.20. The smallest absolute Gasteiger partial charge is 0.194 e. The zero-order valence-corrected chi connectivity index (χ0v) is 9.39. The minimum absolute atomic E-state index is 0.0144. The molecule has 1 unspecified atom stereocenters. The second-order valence-electron chi connectivity index (χ2n) is 3.93. The van der Waals surface area contributed by atoms with Crippen LogP contribution in [0.3, 0.4) is 0 Å². The topological polar surface area (TPSA) is 34.1 Å². The van der Waals surface area contributed by atoms with Crippen LogP contribution in [0.15, 0.2) is 12.1 Å². The predicted molar refractivity (Wildman–Crippen MR) is 55.1 cm³/mol. The Bertz CT molecular complexity index is 446. The van der Waals surface area contributed by atoms with Crippen molar-refractivity contribution in [1.82, 2.24) is 0 Å². The van der Waals surface area contributed by atoms with Gasteiger partial charge in [-0.2, -0.15) is 0 Å². The van der Waals surface area contributed by atoms with Gasteiger partial charge < -0.3 is 4.79 Å². The maximum absolute atomic E-state index is 12.9. The summed E-state index contributed by atoms with van der Waals surface area (Å²) in [5.74, 6) is -5.91. The molecule has 0 N–H and O–H groups in total. The van der Waals surface area contributed by atoms with Gasteiger partial charge in [0.25, 0.3) is 0 Å². The van der Waals surface area contributed by atoms with Crippen molar-refractivity contribution in [2.45, 2.75) is 20.3 Å². The van der Waals surface area contributed by atoms with Gasteiger partial charge in [-0.1, -0.05) is 6.92 Å². The van der Waals surface area contributed by atoms with Crippen LogP contribution in [0.5, 0.6) is 0 Å². The molecule has 0 bridgehead atoms. The molecule has 0 saturated heterocycles. The Balaban J connectivity index is 3.01. The largest absolute Gasteiger partial charge is 0.300 e. The quantitative estimate of drug-likeness (QED) is 0.602. The summed E-state index contributed by atoms with van der Waals surface area (Å²) < 4.78 is 38.5. The average Bonchev–Trinajstić information content (AvgIpc) is 2.23. The van der Waals surface area contributed by atoms with Crippen LogP contribution in [-0.4, -0.2) is 11.6 Å². The Labute approximate surface area is 96.4 Å². The first kappa shape index (κ1) is 13.4. The van der Waals surface area contributed by atoms with E-state index in [9.17, 15) is 22.8 Å². The van der Waals surface area contributed by atoms with Crippen molar-refractivity contribution in [3.63, 3.8) is 0 Å². The number of hydrogen-bond acceptors (Lipinski definition) is 2. The Morgan fingerprint density at radius 3 is 2.06 bits per heavy atom. The summed E-state index contributed by atoms with van der Waals surface area (Å²) in [5.41, 5.74) is -0.268. The number of rotatable bonds is 4. The monoisotopic (exact) mass is 244 g/mol. The summed E-state index contributed by atoms with van der Waals surface area (Å²) in [7, 11) is 0. The van der Waals surface area contributed by atoms with Gasteiger partial charge >= 0.3 is 0 Å². The molecule has 1 aromatic rings. The van der Waals surface area contributed by atoms with E-state index in [0.29, 0.717) is 12.1 Å². The van der Waals surface area contributed by atoms with E-state index in [1.54, 1.807) is 0 Å². The standard InChI is InChI=1S/C12H11F3O2/c1-6(3-7(2)16)12(17)8-4-9(13)11(15)10(14)5-8/h4-6H,3H2,1-2H3. The lowest BCUT2D eigenvalue weighted by atomic mass is 9.95. The molecule has 0 aliphatic rings. The normalized spacial score (nSPS) is 12.3. The fourth-order valence-corrected chi connectivity index (χ4v) is 1.51. The molecule has 0 spiro atoms. The molecule has 0 fully saturated rings. The lowest BCUT2D eigenvalue weighted by Gasteiger charge is -2.08. The molecule has 0 aliphatic carbocycles. The zero-order valence-electron chi connectivity index (χ0n) is 9.39. The first-order valence-electron chi connectivity index (χ1n) is 5.01. The zero-order chi connectivity index (χ0) is 13.2. The van der Waals surface area contributed by atoms with Crippen LogP contribution < -0.4 is 0 Å². The second-order valence-corrected chi connectivity index (χ2v) is 3.93. The average molecular weight is 244 g/mol. The van der Waals surface area contributed by atoms with E-state index in [0.717, 1.165) is 0 Å². The van der Waals surface area contributed by atoms with Gasteiger partial charge in [0.1, 0.15) is 5.78 Å². The number of hydrogen-bond donors (Lipinski definition) is 0. The number of Topliss-reactive ketones (excluding diaryl/α,β-unsaturated/α-hetero) is 2. The second kappa shape index (κ2) is 5.12. The van der Waals surface area contributed by atoms with Gasteiger partial charge in [0.05, 0.1) is 0 Å². The van der Waals surface area contributed by atoms with Crippen molar-refractivity contribution >= 4 is 11.6 Å². The molecule has 0 aromatic heterocycles. The van der Waals surface area contributed by atoms with Gasteiger partial charge in [0.15, 0.2) is 23.2 Å². The summed E-state index contributed by atoms with van der Waals surface area (Å²) in [6.45, 7) is 2.79. The summed E-state index contributed by atoms with van der Waals surface area (Å²) >= 11 is 0. The van der Waals surface area contributed by atoms with E-state index in [4.69, 9.17) is 0 Å². The van der Waals surface area contributed by atoms with E-state index >= 15 is 0 Å². The van der Waals surface area contributed by atoms with Crippen LogP contribution in [0.25, 0.3) is 0 Å². The molecule has 0 saturated carbocycles. The molecular weight excluding hydrogens is 233 g/mol. The van der Waals surface area contributed by atoms with Gasteiger partial charge in [0, 0.05) is 17.9 Å². The highest BCUT2D eigenvalue weighted by molar-refractivity contribution is 5.99. The first-order valence-corrected chi connectivity index (χ1v) is 5.01. The van der Waals surface area contributed by atoms with Gasteiger partial charge in [-0.3, -0.25) is 4.79 Å². The van der Waals surface area contributed by atoms with Crippen LogP contribution in [0.4, 0.5) is 13.2 Å². The van der Waals surface area contributed by atoms with Crippen molar-refractivity contribution in [3.8, 4) is 0 Å². The van der Waals surface area contributed by atoms with E-state index in [1.165, 1.54) is 13.8 Å². The lowest BCUT2D eigenvalue weighted by molar-refractivity contribution is -0.117. The Morgan fingerprint density at radius 2 is 1.65 bits per heavy atom. The Morgan fingerprint density at radius 1 is 1.18 bits per heavy atom. The van der Waals surface area contributed by atoms with Gasteiger partial charge in [-0.25, -0.2) is 13.2 Å². The molecule has 1 aromatic carbocycles. The number of halogens is 3. The highest BCUT2D eigenvalue weighted by atomic mass is 19.2. The third kappa shape index (κ3) is 3.15. The molecule has 0 amide bonds. The minimum Gasteiger partial charge on any atom is -0.300 e. The molecule has 0 radical (unpaired) electrons. The van der Waals surface area contributed by atoms with Crippen LogP contribution >= 0.6 is 0 Å². The van der Waals surface area contributed by atoms with E-state index < -0.39 is 29.2 Å². The van der Waals surface area contributed by atoms with Crippen molar-refractivity contribution in [1.29, 1.82) is 0 Å². The highest BCUT2D eigenvalue weighted by Crippen LogP contribution is 2.18. The van der Waals surface area contributed by atoms with Gasteiger partial charge in [-0.15, -0.1) is 0 Å². The fraction of sp³-hybridized carbons (Fsp3) is 0.333. The fourth-order valence-electron chi connectivity index (χ4n) is 1.51. The molecule has 17 heavy (non-hydrogen) atoms. The molecule has 0 aliphatic heterocycles. The van der Waals surface area contributed by atoms with Crippen LogP contribution in [0, 0.1) is 23.4 Å². The van der Waals surface area contributed by atoms with Gasteiger partial charge in [0.2, 0.25) is 0 Å². The molecule has 1 rings (SSSR count). The number of carbonyl (C=O) groups excluding carboxylic acids is 2. The number of ketones is 2. The summed E-state index contributed by atoms with van der Waals surface area (Å²) in [6.07, 6.45) is -0.0144. The lowest BCUT2D eigenvalue weighted by Crippen LogP contribution is -2.15. The third-order valence-electron chi connectivity index (χ3n) is 2.31. The van der Waals surface area contributed by atoms with E-state index in [-0.39, 0.29) is 17.8 Å². The molecule has 5 heteroatoms. The van der Waals surface area contributed by atoms with Crippen molar-refractivity contribution in [2.75, 3.05) is 0 Å². The summed E-state index contributed by atoms with van der Waals surface area (Å²) in [6, 6.07) is 1.27. The molecule has 1 atom stereocenters. The summed E-state index contributed by atoms with van der Waals surface area (Å²) in [5, 5.41) is 0. The van der Waals surface area contributed by atoms with Crippen LogP contribution in [0.1, 0.15) is 30.6 Å². The number of benzene rings is 1. The van der Waals surface area contributed by atoms with Crippen molar-refractivity contribution in [2.24, 2.45) is 5.92 Å². The Kier molecular flexibility index (Phi) is 4.04. The van der Waals surface area contributed by atoms with E-state index in [1.807, 2.05) is 0 Å². The molecule has 2 nitrogen and oxygen atoms in total. The number of carbonyl (C=O) groups is 2. The van der Waals surface area contributed by atoms with Crippen LogP contribution in [-0.2, 0) is 4.79 Å². The maximum Gasteiger partial charge on any atom is 0.194 e. The minimum atomic E-state index is -1.61. The molecule has 92 valence electrons. The van der Waals surface area contributed by atoms with Crippen molar-refractivity contribution < 1.29 is 22.8 Å². The molecule has 0 heterocycles.